The third-order valence-electron chi connectivity index (χ3n) is 2.64. The van der Waals surface area contributed by atoms with Crippen LogP contribution in [-0.4, -0.2) is 29.1 Å². The summed E-state index contributed by atoms with van der Waals surface area (Å²) in [6.07, 6.45) is -0.526. The number of carbonyl (C=O) groups excluding carboxylic acids is 2. The predicted octanol–water partition coefficient (Wildman–Crippen LogP) is 0.317. The molecule has 1 aromatic rings. The molecule has 8 heteroatoms. The second kappa shape index (κ2) is 6.91. The molecule has 0 saturated heterocycles. The van der Waals surface area contributed by atoms with Crippen LogP contribution in [0.15, 0.2) is 18.2 Å². The molecule has 1 aromatic carbocycles. The minimum atomic E-state index is -1.43. The molecule has 0 aliphatic heterocycles. The molecule has 0 fully saturated rings. The van der Waals surface area contributed by atoms with Gasteiger partial charge in [0.1, 0.15) is 12.1 Å². The lowest BCUT2D eigenvalue weighted by atomic mass is 10.1. The number of aliphatic carboxylic acids is 1. The van der Waals surface area contributed by atoms with Crippen LogP contribution in [0.5, 0.6) is 0 Å². The van der Waals surface area contributed by atoms with Crippen molar-refractivity contribution in [2.45, 2.75) is 19.4 Å². The second-order valence-corrected chi connectivity index (χ2v) is 4.27. The lowest BCUT2D eigenvalue weighted by Crippen LogP contribution is -2.45. The Labute approximate surface area is 120 Å². The van der Waals surface area contributed by atoms with Crippen molar-refractivity contribution in [2.24, 2.45) is 5.73 Å². The van der Waals surface area contributed by atoms with E-state index in [9.17, 15) is 14.4 Å². The molecule has 1 rings (SSSR count). The number of hydrogen-bond acceptors (Lipinski definition) is 4. The van der Waals surface area contributed by atoms with Crippen LogP contribution in [0.2, 0.25) is 0 Å². The van der Waals surface area contributed by atoms with Gasteiger partial charge in [-0.3, -0.25) is 4.79 Å². The average molecular weight is 290 g/mol. The molecule has 0 aromatic heterocycles. The zero-order valence-corrected chi connectivity index (χ0v) is 11.2. The number of rotatable bonds is 5. The van der Waals surface area contributed by atoms with Gasteiger partial charge in [0.15, 0.2) is 0 Å². The van der Waals surface area contributed by atoms with Crippen molar-refractivity contribution < 1.29 is 19.5 Å². The Morgan fingerprint density at radius 2 is 2.10 bits per heavy atom. The third-order valence-corrected chi connectivity index (χ3v) is 2.64. The van der Waals surface area contributed by atoms with E-state index < -0.39 is 30.4 Å². The van der Waals surface area contributed by atoms with Crippen LogP contribution in [0.4, 0.5) is 10.5 Å². The Bertz CT molecular complexity index is 621. The molecule has 0 aliphatic carbocycles. The van der Waals surface area contributed by atoms with Gasteiger partial charge in [-0.1, -0.05) is 12.1 Å². The number of carboxylic acid groups (broad SMARTS) is 1. The van der Waals surface area contributed by atoms with E-state index in [1.807, 2.05) is 6.07 Å². The Morgan fingerprint density at radius 1 is 1.43 bits per heavy atom. The van der Waals surface area contributed by atoms with Crippen LogP contribution in [0.1, 0.15) is 17.5 Å². The first-order chi connectivity index (χ1) is 9.85. The van der Waals surface area contributed by atoms with Gasteiger partial charge in [-0.2, -0.15) is 5.26 Å². The van der Waals surface area contributed by atoms with Gasteiger partial charge in [0.2, 0.25) is 5.91 Å². The average Bonchev–Trinajstić information content (AvgIpc) is 2.37. The molecular weight excluding hydrogens is 276 g/mol. The highest BCUT2D eigenvalue weighted by Gasteiger charge is 2.22. The van der Waals surface area contributed by atoms with Crippen molar-refractivity contribution in [3.63, 3.8) is 0 Å². The first-order valence-corrected chi connectivity index (χ1v) is 5.93. The zero-order chi connectivity index (χ0) is 16.0. The van der Waals surface area contributed by atoms with Gasteiger partial charge in [-0.05, 0) is 18.6 Å². The summed E-state index contributed by atoms with van der Waals surface area (Å²) in [6.45, 7) is 1.70. The Morgan fingerprint density at radius 3 is 2.62 bits per heavy atom. The topological polar surface area (TPSA) is 145 Å². The fraction of sp³-hybridized carbons (Fsp3) is 0.231. The number of aryl methyl sites for hydroxylation is 1. The largest absolute Gasteiger partial charge is 0.480 e. The maximum absolute atomic E-state index is 11.7. The van der Waals surface area contributed by atoms with E-state index in [-0.39, 0.29) is 11.3 Å². The smallest absolute Gasteiger partial charge is 0.326 e. The number of anilines is 1. The highest BCUT2D eigenvalue weighted by Crippen LogP contribution is 2.18. The highest BCUT2D eigenvalue weighted by molar-refractivity contribution is 5.94. The maximum Gasteiger partial charge on any atom is 0.326 e. The molecule has 0 spiro atoms. The molecule has 0 heterocycles. The van der Waals surface area contributed by atoms with Crippen LogP contribution in [0.3, 0.4) is 0 Å². The highest BCUT2D eigenvalue weighted by atomic mass is 16.4. The van der Waals surface area contributed by atoms with E-state index in [1.54, 1.807) is 19.1 Å². The van der Waals surface area contributed by atoms with E-state index in [1.165, 1.54) is 6.07 Å². The van der Waals surface area contributed by atoms with Crippen LogP contribution >= 0.6 is 0 Å². The monoisotopic (exact) mass is 290 g/mol. The van der Waals surface area contributed by atoms with E-state index in [0.29, 0.717) is 5.56 Å². The first kappa shape index (κ1) is 16.0. The first-order valence-electron chi connectivity index (χ1n) is 5.93. The molecule has 0 bridgehead atoms. The number of nitrogens with one attached hydrogen (secondary N) is 2. The zero-order valence-electron chi connectivity index (χ0n) is 11.2. The molecule has 5 N–H and O–H groups in total. The molecule has 21 heavy (non-hydrogen) atoms. The van der Waals surface area contributed by atoms with Crippen LogP contribution < -0.4 is 16.4 Å². The Kier molecular flexibility index (Phi) is 5.25. The molecule has 0 unspecified atom stereocenters. The second-order valence-electron chi connectivity index (χ2n) is 4.27. The quantitative estimate of drug-likeness (QED) is 0.616. The van der Waals surface area contributed by atoms with Gasteiger partial charge in [0.25, 0.3) is 0 Å². The van der Waals surface area contributed by atoms with Crippen molar-refractivity contribution in [1.29, 1.82) is 5.26 Å². The van der Waals surface area contributed by atoms with E-state index in [0.717, 1.165) is 0 Å². The Hall–Kier alpha value is -3.08. The normalized spacial score (nSPS) is 11.0. The number of carbonyl (C=O) groups is 3. The van der Waals surface area contributed by atoms with Crippen LogP contribution in [0, 0.1) is 18.3 Å². The van der Waals surface area contributed by atoms with Gasteiger partial charge in [-0.25, -0.2) is 9.59 Å². The molecule has 1 atom stereocenters. The number of carboxylic acids is 1. The molecule has 8 nitrogen and oxygen atoms in total. The Balaban J connectivity index is 2.82. The van der Waals surface area contributed by atoms with E-state index in [4.69, 9.17) is 16.1 Å². The number of nitrogens with zero attached hydrogens (tertiary/aromatic N) is 1. The van der Waals surface area contributed by atoms with Crippen molar-refractivity contribution >= 4 is 23.6 Å². The SMILES string of the molecule is Cc1cccc(NC(=O)N[C@@H](CC(N)=O)C(=O)O)c1C#N. The van der Waals surface area contributed by atoms with Gasteiger partial charge < -0.3 is 21.5 Å². The molecule has 3 amide bonds. The number of primary amides is 1. The summed E-state index contributed by atoms with van der Waals surface area (Å²) in [4.78, 5) is 33.4. The summed E-state index contributed by atoms with van der Waals surface area (Å²) in [5, 5.41) is 22.4. The predicted molar refractivity (Wildman–Crippen MR) is 73.3 cm³/mol. The number of hydrogen-bond donors (Lipinski definition) is 4. The standard InChI is InChI=1S/C13H14N4O4/c1-7-3-2-4-9(8(7)6-14)16-13(21)17-10(12(19)20)5-11(15)18/h2-4,10H,5H2,1H3,(H2,15,18)(H,19,20)(H2,16,17,21)/t10-/m0/s1. The number of urea groups is 1. The van der Waals surface area contributed by atoms with Crippen LogP contribution in [0.25, 0.3) is 0 Å². The number of nitriles is 1. The molecule has 0 aliphatic rings. The fourth-order valence-electron chi connectivity index (χ4n) is 1.64. The number of benzene rings is 1. The lowest BCUT2D eigenvalue weighted by molar-refractivity contribution is -0.140. The van der Waals surface area contributed by atoms with Gasteiger partial charge in [0.05, 0.1) is 17.7 Å². The minimum absolute atomic E-state index is 0.248. The summed E-state index contributed by atoms with van der Waals surface area (Å²) >= 11 is 0. The van der Waals surface area contributed by atoms with E-state index >= 15 is 0 Å². The minimum Gasteiger partial charge on any atom is -0.480 e. The van der Waals surface area contributed by atoms with E-state index in [2.05, 4.69) is 10.6 Å². The summed E-state index contributed by atoms with van der Waals surface area (Å²) in [6, 6.07) is 4.52. The van der Waals surface area contributed by atoms with Crippen molar-refractivity contribution in [3.05, 3.63) is 29.3 Å². The summed E-state index contributed by atoms with van der Waals surface area (Å²) in [5.41, 5.74) is 6.10. The molecular formula is C13H14N4O4. The molecule has 0 saturated carbocycles. The van der Waals surface area contributed by atoms with Gasteiger partial charge in [-0.15, -0.1) is 0 Å². The van der Waals surface area contributed by atoms with Crippen molar-refractivity contribution in [2.75, 3.05) is 5.32 Å². The van der Waals surface area contributed by atoms with Gasteiger partial charge >= 0.3 is 12.0 Å². The summed E-state index contributed by atoms with van der Waals surface area (Å²) < 4.78 is 0. The lowest BCUT2D eigenvalue weighted by Gasteiger charge is -2.14. The number of nitrogens with two attached hydrogens (primary N) is 1. The maximum atomic E-state index is 11.7. The molecule has 110 valence electrons. The van der Waals surface area contributed by atoms with Crippen molar-refractivity contribution in [3.8, 4) is 6.07 Å². The number of amides is 3. The molecule has 0 radical (unpaired) electrons. The third kappa shape index (κ3) is 4.50. The van der Waals surface area contributed by atoms with Crippen LogP contribution in [-0.2, 0) is 9.59 Å². The summed E-state index contributed by atoms with van der Waals surface area (Å²) in [7, 11) is 0. The summed E-state index contributed by atoms with van der Waals surface area (Å²) in [5.74, 6) is -2.23. The fourth-order valence-corrected chi connectivity index (χ4v) is 1.64. The van der Waals surface area contributed by atoms with Crippen molar-refractivity contribution in [1.82, 2.24) is 5.32 Å². The van der Waals surface area contributed by atoms with Gasteiger partial charge in [0, 0.05) is 0 Å².